The molecule has 42 heavy (non-hydrogen) atoms. The first-order valence-electron chi connectivity index (χ1n) is 14.9. The van der Waals surface area contributed by atoms with Crippen LogP contribution in [0.1, 0.15) is 33.4 Å². The Morgan fingerprint density at radius 1 is 0.405 bits per heavy atom. The third-order valence-corrected chi connectivity index (χ3v) is 8.69. The van der Waals surface area contributed by atoms with Gasteiger partial charge >= 0.3 is 13.7 Å². The Bertz CT molecular complexity index is 1730. The van der Waals surface area contributed by atoms with Gasteiger partial charge in [-0.25, -0.2) is 0 Å². The number of nitrogens with one attached hydrogen (secondary N) is 2. The second-order valence-electron chi connectivity index (χ2n) is 11.9. The van der Waals surface area contributed by atoms with E-state index in [0.29, 0.717) is 0 Å². The maximum atomic E-state index is 3.93. The van der Waals surface area contributed by atoms with Crippen molar-refractivity contribution in [3.63, 3.8) is 0 Å². The van der Waals surface area contributed by atoms with Crippen LogP contribution in [0.15, 0.2) is 109 Å². The van der Waals surface area contributed by atoms with E-state index in [4.69, 9.17) is 0 Å². The molecule has 0 saturated heterocycles. The van der Waals surface area contributed by atoms with Crippen molar-refractivity contribution >= 4 is 57.1 Å². The van der Waals surface area contributed by atoms with Crippen molar-refractivity contribution in [3.05, 3.63) is 143 Å². The van der Waals surface area contributed by atoms with Crippen LogP contribution in [-0.2, 0) is 0 Å². The van der Waals surface area contributed by atoms with Crippen LogP contribution < -0.4 is 32.5 Å². The number of hydrazine groups is 1. The first-order valence-corrected chi connectivity index (χ1v) is 14.9. The summed E-state index contributed by atoms with van der Waals surface area (Å²) in [6.45, 7) is 13.2. The van der Waals surface area contributed by atoms with E-state index in [0.717, 1.165) is 0 Å². The zero-order valence-electron chi connectivity index (χ0n) is 25.5. The molecule has 0 aliphatic rings. The molecule has 0 aliphatic heterocycles. The summed E-state index contributed by atoms with van der Waals surface area (Å²) in [6.07, 6.45) is 0. The minimum absolute atomic E-state index is 0.0290. The van der Waals surface area contributed by atoms with Crippen LogP contribution in [-0.4, -0.2) is 13.7 Å². The highest BCUT2D eigenvalue weighted by Gasteiger charge is 2.30. The maximum absolute atomic E-state index is 3.93. The Morgan fingerprint density at radius 3 is 1.19 bits per heavy atom. The van der Waals surface area contributed by atoms with Gasteiger partial charge in [0.2, 0.25) is 0 Å². The van der Waals surface area contributed by atoms with E-state index in [2.05, 4.69) is 161 Å². The van der Waals surface area contributed by atoms with Crippen LogP contribution in [0, 0.1) is 41.5 Å². The lowest BCUT2D eigenvalue weighted by molar-refractivity contribution is 0.923. The average molecular weight is 544 g/mol. The zero-order chi connectivity index (χ0) is 29.4. The quantitative estimate of drug-likeness (QED) is 0.195. The van der Waals surface area contributed by atoms with E-state index in [1.807, 2.05) is 0 Å². The fourth-order valence-electron chi connectivity index (χ4n) is 7.08. The molecule has 0 fully saturated rings. The summed E-state index contributed by atoms with van der Waals surface area (Å²) in [6, 6.07) is 39.9. The zero-order valence-corrected chi connectivity index (χ0v) is 25.5. The maximum Gasteiger partial charge on any atom is 0.303 e. The molecular weight excluding hydrogens is 506 g/mol. The van der Waals surface area contributed by atoms with Crippen LogP contribution in [0.25, 0.3) is 21.5 Å². The molecule has 6 aromatic carbocycles. The van der Waals surface area contributed by atoms with Crippen molar-refractivity contribution in [2.24, 2.45) is 0 Å². The highest BCUT2D eigenvalue weighted by Crippen LogP contribution is 2.16. The van der Waals surface area contributed by atoms with Gasteiger partial charge < -0.3 is 0 Å². The molecular formula is C38H38B2N2. The van der Waals surface area contributed by atoms with Crippen LogP contribution in [0.2, 0.25) is 0 Å². The third-order valence-electron chi connectivity index (χ3n) is 8.69. The van der Waals surface area contributed by atoms with Crippen LogP contribution in [0.4, 0.5) is 0 Å². The van der Waals surface area contributed by atoms with Gasteiger partial charge in [0, 0.05) is 0 Å². The Labute approximate surface area is 251 Å². The topological polar surface area (TPSA) is 24.1 Å². The smallest absolute Gasteiger partial charge is 0.296 e. The van der Waals surface area contributed by atoms with E-state index < -0.39 is 0 Å². The van der Waals surface area contributed by atoms with Gasteiger partial charge in [0.25, 0.3) is 0 Å². The lowest BCUT2D eigenvalue weighted by Crippen LogP contribution is -2.68. The second-order valence-corrected chi connectivity index (χ2v) is 11.9. The largest absolute Gasteiger partial charge is 0.303 e. The predicted octanol–water partition coefficient (Wildman–Crippen LogP) is 5.85. The molecule has 0 bridgehead atoms. The first-order chi connectivity index (χ1) is 20.3. The van der Waals surface area contributed by atoms with Gasteiger partial charge in [-0.15, -0.1) is 0 Å². The van der Waals surface area contributed by atoms with Crippen molar-refractivity contribution in [3.8, 4) is 0 Å². The van der Waals surface area contributed by atoms with Crippen molar-refractivity contribution in [2.75, 3.05) is 0 Å². The molecule has 206 valence electrons. The second kappa shape index (κ2) is 11.6. The summed E-state index contributed by atoms with van der Waals surface area (Å²) in [5.41, 5.74) is 13.0. The average Bonchev–Trinajstić information content (AvgIpc) is 2.96. The molecule has 0 atom stereocenters. The van der Waals surface area contributed by atoms with Gasteiger partial charge in [0.05, 0.1) is 0 Å². The Morgan fingerprint density at radius 2 is 0.762 bits per heavy atom. The molecule has 0 spiro atoms. The van der Waals surface area contributed by atoms with Crippen molar-refractivity contribution < 1.29 is 0 Å². The predicted molar refractivity (Wildman–Crippen MR) is 186 cm³/mol. The van der Waals surface area contributed by atoms with Gasteiger partial charge in [0.1, 0.15) is 0 Å². The highest BCUT2D eigenvalue weighted by atomic mass is 15.3. The summed E-state index contributed by atoms with van der Waals surface area (Å²) in [5, 5.41) is 12.9. The normalized spacial score (nSPS) is 11.3. The highest BCUT2D eigenvalue weighted by molar-refractivity contribution is 6.89. The molecule has 0 aliphatic carbocycles. The van der Waals surface area contributed by atoms with Gasteiger partial charge in [0.15, 0.2) is 0 Å². The summed E-state index contributed by atoms with van der Waals surface area (Å²) >= 11 is 0. The van der Waals surface area contributed by atoms with Crippen molar-refractivity contribution in [1.29, 1.82) is 0 Å². The van der Waals surface area contributed by atoms with Crippen molar-refractivity contribution in [2.45, 2.75) is 41.5 Å². The lowest BCUT2D eigenvalue weighted by Gasteiger charge is -2.28. The number of rotatable bonds is 7. The van der Waals surface area contributed by atoms with Crippen LogP contribution in [0.3, 0.4) is 0 Å². The van der Waals surface area contributed by atoms with E-state index in [1.165, 1.54) is 76.8 Å². The molecule has 0 saturated carbocycles. The molecule has 0 radical (unpaired) electrons. The van der Waals surface area contributed by atoms with Gasteiger partial charge in [-0.2, -0.15) is 0 Å². The molecule has 0 amide bonds. The van der Waals surface area contributed by atoms with Gasteiger partial charge in [-0.1, -0.05) is 154 Å². The van der Waals surface area contributed by atoms with Gasteiger partial charge in [-0.05, 0) is 74.0 Å². The fourth-order valence-corrected chi connectivity index (χ4v) is 7.08. The number of hydrogen-bond acceptors (Lipinski definition) is 2. The molecule has 0 unspecified atom stereocenters. The Balaban J connectivity index is 1.54. The summed E-state index contributed by atoms with van der Waals surface area (Å²) < 4.78 is 0. The summed E-state index contributed by atoms with van der Waals surface area (Å²) in [4.78, 5) is 0. The molecule has 0 aromatic heterocycles. The minimum atomic E-state index is -0.0816. The monoisotopic (exact) mass is 544 g/mol. The molecule has 6 rings (SSSR count). The molecule has 0 heterocycles. The molecule has 2 N–H and O–H groups in total. The standard InChI is InChI=1S/C38H38B2N2/c1-25-21-27(3)37(28(4)22-25)40(38-29(5)23-26(2)24-30(38)6)42-41-39(35-19-11-15-31-13-7-9-17-33(31)35)36-20-12-16-32-14-8-10-18-34(32)36/h7-24,41-42H,1-6H3. The number of hydrogen-bond donors (Lipinski definition) is 2. The van der Waals surface area contributed by atoms with Crippen LogP contribution >= 0.6 is 0 Å². The third kappa shape index (κ3) is 5.29. The van der Waals surface area contributed by atoms with E-state index in [-0.39, 0.29) is 13.7 Å². The Kier molecular flexibility index (Phi) is 7.77. The fraction of sp³-hybridized carbons (Fsp3) is 0.158. The van der Waals surface area contributed by atoms with Gasteiger partial charge in [-0.3, -0.25) is 10.7 Å². The van der Waals surface area contributed by atoms with E-state index in [9.17, 15) is 0 Å². The minimum Gasteiger partial charge on any atom is -0.296 e. The first kappa shape index (κ1) is 28.0. The molecule has 4 heteroatoms. The van der Waals surface area contributed by atoms with Crippen molar-refractivity contribution in [1.82, 2.24) is 10.7 Å². The molecule has 2 nitrogen and oxygen atoms in total. The number of benzene rings is 6. The number of fused-ring (bicyclic) bond motifs is 2. The summed E-state index contributed by atoms with van der Waals surface area (Å²) in [5.74, 6) is 0. The number of aryl methyl sites for hydroxylation is 6. The summed E-state index contributed by atoms with van der Waals surface area (Å²) in [7, 11) is 0. The Hall–Kier alpha value is -4.11. The van der Waals surface area contributed by atoms with E-state index in [1.54, 1.807) is 0 Å². The lowest BCUT2D eigenvalue weighted by atomic mass is 9.45. The SMILES string of the molecule is Cc1cc(C)c(B(NNB(c2cccc3ccccc23)c2cccc3ccccc23)c2c(C)cc(C)cc2C)c(C)c1. The van der Waals surface area contributed by atoms with E-state index >= 15 is 0 Å². The molecule has 6 aromatic rings. The van der Waals surface area contributed by atoms with Crippen LogP contribution in [0.5, 0.6) is 0 Å².